The van der Waals surface area contributed by atoms with Gasteiger partial charge in [-0.1, -0.05) is 12.1 Å². The van der Waals surface area contributed by atoms with Gasteiger partial charge in [0.05, 0.1) is 17.5 Å². The van der Waals surface area contributed by atoms with Gasteiger partial charge < -0.3 is 4.74 Å². The number of para-hydroxylation sites is 1. The lowest BCUT2D eigenvalue weighted by molar-refractivity contribution is -0.142. The van der Waals surface area contributed by atoms with Crippen LogP contribution < -0.4 is 4.90 Å². The number of anilines is 2. The number of nitriles is 1. The number of carbonyl (C=O) groups is 2. The molecule has 134 valence electrons. The molecule has 1 aromatic heterocycles. The third kappa shape index (κ3) is 4.52. The van der Waals surface area contributed by atoms with Crippen molar-refractivity contribution in [3.05, 3.63) is 46.7 Å². The van der Waals surface area contributed by atoms with Gasteiger partial charge in [-0.3, -0.25) is 9.69 Å². The fourth-order valence-electron chi connectivity index (χ4n) is 2.05. The first-order valence-corrected chi connectivity index (χ1v) is 8.55. The smallest absolute Gasteiger partial charge is 0.349 e. The van der Waals surface area contributed by atoms with Crippen molar-refractivity contribution in [1.82, 2.24) is 4.98 Å². The standard InChI is InChI=1S/C18H16FN3O3S/c1-11(2)25-17(24)13(9-20)8-14-10-26-18(21-14)22(12(3)23)16-7-5-4-6-15(16)19/h4-8,10-11H,1-3H3/b13-8+. The second-order valence-electron chi connectivity index (χ2n) is 5.48. The van der Waals surface area contributed by atoms with Gasteiger partial charge in [0.15, 0.2) is 5.13 Å². The van der Waals surface area contributed by atoms with Gasteiger partial charge in [0.2, 0.25) is 5.91 Å². The maximum Gasteiger partial charge on any atom is 0.349 e. The number of ether oxygens (including phenoxy) is 1. The molecule has 0 aliphatic carbocycles. The molecule has 0 bridgehead atoms. The van der Waals surface area contributed by atoms with Crippen molar-refractivity contribution in [1.29, 1.82) is 5.26 Å². The number of benzene rings is 1. The van der Waals surface area contributed by atoms with E-state index in [0.29, 0.717) is 5.69 Å². The summed E-state index contributed by atoms with van der Waals surface area (Å²) < 4.78 is 19.0. The van der Waals surface area contributed by atoms with Crippen molar-refractivity contribution >= 4 is 40.1 Å². The summed E-state index contributed by atoms with van der Waals surface area (Å²) in [5, 5.41) is 10.9. The zero-order valence-corrected chi connectivity index (χ0v) is 15.2. The van der Waals surface area contributed by atoms with Crippen LogP contribution in [0.15, 0.2) is 35.2 Å². The summed E-state index contributed by atoms with van der Waals surface area (Å²) in [4.78, 5) is 29.2. The zero-order chi connectivity index (χ0) is 19.3. The Balaban J connectivity index is 2.37. The Bertz CT molecular complexity index is 899. The largest absolute Gasteiger partial charge is 0.459 e. The summed E-state index contributed by atoms with van der Waals surface area (Å²) in [6.45, 7) is 4.64. The molecule has 0 fully saturated rings. The summed E-state index contributed by atoms with van der Waals surface area (Å²) in [5.74, 6) is -1.73. The Morgan fingerprint density at radius 2 is 2.08 bits per heavy atom. The Morgan fingerprint density at radius 3 is 2.65 bits per heavy atom. The summed E-state index contributed by atoms with van der Waals surface area (Å²) >= 11 is 1.09. The molecule has 0 saturated heterocycles. The lowest BCUT2D eigenvalue weighted by Gasteiger charge is -2.18. The molecule has 1 amide bonds. The maximum atomic E-state index is 14.1. The zero-order valence-electron chi connectivity index (χ0n) is 14.4. The van der Waals surface area contributed by atoms with Crippen LogP contribution in [0.1, 0.15) is 26.5 Å². The Morgan fingerprint density at radius 1 is 1.38 bits per heavy atom. The minimum atomic E-state index is -0.755. The van der Waals surface area contributed by atoms with Crippen LogP contribution in [0, 0.1) is 17.1 Å². The fourth-order valence-corrected chi connectivity index (χ4v) is 2.89. The van der Waals surface area contributed by atoms with Gasteiger partial charge >= 0.3 is 5.97 Å². The molecule has 0 radical (unpaired) electrons. The molecule has 0 spiro atoms. The van der Waals surface area contributed by atoms with Crippen molar-refractivity contribution < 1.29 is 18.7 Å². The molecule has 26 heavy (non-hydrogen) atoms. The number of aromatic nitrogens is 1. The van der Waals surface area contributed by atoms with Crippen molar-refractivity contribution in [3.63, 3.8) is 0 Å². The van der Waals surface area contributed by atoms with Crippen LogP contribution in [0.4, 0.5) is 15.2 Å². The fraction of sp³-hybridized carbons (Fsp3) is 0.222. The van der Waals surface area contributed by atoms with Crippen molar-refractivity contribution in [3.8, 4) is 6.07 Å². The number of hydrogen-bond donors (Lipinski definition) is 0. The van der Waals surface area contributed by atoms with E-state index in [4.69, 9.17) is 10.00 Å². The summed E-state index contributed by atoms with van der Waals surface area (Å²) in [6.07, 6.45) is 0.907. The Labute approximate surface area is 154 Å². The van der Waals surface area contributed by atoms with Gasteiger partial charge in [0.1, 0.15) is 17.5 Å². The van der Waals surface area contributed by atoms with E-state index in [1.807, 2.05) is 0 Å². The molecule has 1 aromatic carbocycles. The van der Waals surface area contributed by atoms with Crippen LogP contribution in [0.3, 0.4) is 0 Å². The molecule has 2 aromatic rings. The topological polar surface area (TPSA) is 83.3 Å². The highest BCUT2D eigenvalue weighted by atomic mass is 32.1. The first-order chi connectivity index (χ1) is 12.3. The minimum absolute atomic E-state index is 0.0737. The number of nitrogens with zero attached hydrogens (tertiary/aromatic N) is 3. The summed E-state index contributed by atoms with van der Waals surface area (Å²) in [7, 11) is 0. The molecule has 2 rings (SSSR count). The molecule has 0 N–H and O–H groups in total. The molecule has 0 unspecified atom stereocenters. The number of amides is 1. The van der Waals surface area contributed by atoms with Crippen molar-refractivity contribution in [2.24, 2.45) is 0 Å². The first kappa shape index (κ1) is 19.3. The molecule has 0 aliphatic heterocycles. The van der Waals surface area contributed by atoms with Crippen LogP contribution in [0.25, 0.3) is 6.08 Å². The molecular formula is C18H16FN3O3S. The van der Waals surface area contributed by atoms with E-state index in [9.17, 15) is 14.0 Å². The molecule has 0 atom stereocenters. The maximum absolute atomic E-state index is 14.1. The number of halogens is 1. The number of hydrogen-bond acceptors (Lipinski definition) is 6. The van der Waals surface area contributed by atoms with Gasteiger partial charge in [-0.15, -0.1) is 11.3 Å². The number of rotatable bonds is 5. The number of carbonyl (C=O) groups excluding carboxylic acids is 2. The third-order valence-electron chi connectivity index (χ3n) is 3.08. The quantitative estimate of drug-likeness (QED) is 0.452. The Kier molecular flexibility index (Phi) is 6.20. The van der Waals surface area contributed by atoms with E-state index >= 15 is 0 Å². The highest BCUT2D eigenvalue weighted by Crippen LogP contribution is 2.31. The molecule has 6 nitrogen and oxygen atoms in total. The van der Waals surface area contributed by atoms with Gasteiger partial charge in [-0.25, -0.2) is 14.2 Å². The molecule has 8 heteroatoms. The van der Waals surface area contributed by atoms with Gasteiger partial charge in [-0.05, 0) is 32.1 Å². The van der Waals surface area contributed by atoms with Crippen LogP contribution in [-0.4, -0.2) is 23.0 Å². The third-order valence-corrected chi connectivity index (χ3v) is 3.93. The van der Waals surface area contributed by atoms with Gasteiger partial charge in [-0.2, -0.15) is 5.26 Å². The van der Waals surface area contributed by atoms with E-state index in [2.05, 4.69) is 4.98 Å². The summed E-state index contributed by atoms with van der Waals surface area (Å²) in [5.41, 5.74) is 0.158. The normalized spacial score (nSPS) is 11.2. The van der Waals surface area contributed by atoms with Gasteiger partial charge in [0, 0.05) is 12.3 Å². The predicted molar refractivity (Wildman–Crippen MR) is 96.2 cm³/mol. The lowest BCUT2D eigenvalue weighted by atomic mass is 10.2. The van der Waals surface area contributed by atoms with Crippen molar-refractivity contribution in [2.75, 3.05) is 4.90 Å². The molecule has 1 heterocycles. The number of esters is 1. The molecule has 0 saturated carbocycles. The number of thiazole rings is 1. The average Bonchev–Trinajstić information content (AvgIpc) is 3.01. The molecule has 0 aliphatic rings. The van der Waals surface area contributed by atoms with Crippen LogP contribution in [0.2, 0.25) is 0 Å². The van der Waals surface area contributed by atoms with E-state index in [1.54, 1.807) is 31.4 Å². The highest BCUT2D eigenvalue weighted by molar-refractivity contribution is 7.14. The Hall–Kier alpha value is -3.05. The molecular weight excluding hydrogens is 357 g/mol. The average molecular weight is 373 g/mol. The lowest BCUT2D eigenvalue weighted by Crippen LogP contribution is -2.23. The van der Waals surface area contributed by atoms with Crippen LogP contribution >= 0.6 is 11.3 Å². The highest BCUT2D eigenvalue weighted by Gasteiger charge is 2.21. The van der Waals surface area contributed by atoms with E-state index in [-0.39, 0.29) is 22.5 Å². The van der Waals surface area contributed by atoms with E-state index < -0.39 is 17.7 Å². The second kappa shape index (κ2) is 8.36. The monoisotopic (exact) mass is 373 g/mol. The minimum Gasteiger partial charge on any atom is -0.459 e. The van der Waals surface area contributed by atoms with Crippen molar-refractivity contribution in [2.45, 2.75) is 26.9 Å². The SMILES string of the molecule is CC(=O)N(c1nc(/C=C(\C#N)C(=O)OC(C)C)cs1)c1ccccc1F. The van der Waals surface area contributed by atoms with E-state index in [1.165, 1.54) is 31.2 Å². The van der Waals surface area contributed by atoms with Crippen LogP contribution in [-0.2, 0) is 14.3 Å². The second-order valence-corrected chi connectivity index (χ2v) is 6.32. The summed E-state index contributed by atoms with van der Waals surface area (Å²) in [6, 6.07) is 7.61. The first-order valence-electron chi connectivity index (χ1n) is 7.67. The predicted octanol–water partition coefficient (Wildman–Crippen LogP) is 3.83. The van der Waals surface area contributed by atoms with Crippen LogP contribution in [0.5, 0.6) is 0 Å². The van der Waals surface area contributed by atoms with Gasteiger partial charge in [0.25, 0.3) is 0 Å². The van der Waals surface area contributed by atoms with E-state index in [0.717, 1.165) is 16.2 Å².